The Morgan fingerprint density at radius 2 is 1.71 bits per heavy atom. The van der Waals surface area contributed by atoms with Crippen LogP contribution in [0, 0.1) is 11.8 Å². The topological polar surface area (TPSA) is 23.5 Å². The van der Waals surface area contributed by atoms with Crippen LogP contribution in [0.2, 0.25) is 0 Å². The van der Waals surface area contributed by atoms with Crippen molar-refractivity contribution in [1.82, 2.24) is 4.90 Å². The molecule has 0 aromatic heterocycles. The molecule has 0 bridgehead atoms. The molecule has 0 heterocycles. The zero-order valence-electron chi connectivity index (χ0n) is 12.2. The minimum atomic E-state index is -0.164. The highest BCUT2D eigenvalue weighted by atomic mass is 16.3. The van der Waals surface area contributed by atoms with Crippen LogP contribution in [-0.4, -0.2) is 35.2 Å². The van der Waals surface area contributed by atoms with Crippen molar-refractivity contribution in [3.63, 3.8) is 0 Å². The maximum Gasteiger partial charge on any atom is 0.0690 e. The van der Waals surface area contributed by atoms with Gasteiger partial charge >= 0.3 is 0 Å². The molecule has 102 valence electrons. The first kappa shape index (κ1) is 15.0. The molecule has 0 aromatic rings. The Hall–Kier alpha value is -0.0800. The van der Waals surface area contributed by atoms with Gasteiger partial charge in [-0.15, -0.1) is 0 Å². The summed E-state index contributed by atoms with van der Waals surface area (Å²) in [7, 11) is 0. The van der Waals surface area contributed by atoms with Gasteiger partial charge < -0.3 is 5.11 Å². The zero-order valence-corrected chi connectivity index (χ0v) is 12.2. The molecule has 0 aliphatic heterocycles. The predicted molar refractivity (Wildman–Crippen MR) is 74.1 cm³/mol. The lowest BCUT2D eigenvalue weighted by molar-refractivity contribution is 0.0556. The van der Waals surface area contributed by atoms with E-state index in [1.54, 1.807) is 0 Å². The zero-order chi connectivity index (χ0) is 12.8. The summed E-state index contributed by atoms with van der Waals surface area (Å²) in [5, 5.41) is 10.1. The van der Waals surface area contributed by atoms with E-state index in [1.165, 1.54) is 32.1 Å². The van der Waals surface area contributed by atoms with Crippen LogP contribution in [0.4, 0.5) is 0 Å². The summed E-state index contributed by atoms with van der Waals surface area (Å²) in [6.45, 7) is 10.8. The molecule has 2 nitrogen and oxygen atoms in total. The highest BCUT2D eigenvalue weighted by molar-refractivity contribution is 4.80. The summed E-state index contributed by atoms with van der Waals surface area (Å²) in [6, 6.07) is 0.738. The maximum absolute atomic E-state index is 10.1. The molecule has 0 saturated heterocycles. The van der Waals surface area contributed by atoms with Gasteiger partial charge in [0, 0.05) is 12.6 Å². The maximum atomic E-state index is 10.1. The lowest BCUT2D eigenvalue weighted by Gasteiger charge is -2.32. The Kier molecular flexibility index (Phi) is 6.50. The van der Waals surface area contributed by atoms with Crippen LogP contribution in [0.25, 0.3) is 0 Å². The molecule has 1 aliphatic carbocycles. The number of aliphatic hydroxyl groups excluding tert-OH is 1. The highest BCUT2D eigenvalue weighted by Gasteiger charge is 2.25. The summed E-state index contributed by atoms with van der Waals surface area (Å²) >= 11 is 0. The van der Waals surface area contributed by atoms with Crippen molar-refractivity contribution in [2.75, 3.05) is 13.1 Å². The van der Waals surface area contributed by atoms with Crippen LogP contribution in [0.5, 0.6) is 0 Å². The number of hydrogen-bond donors (Lipinski definition) is 1. The van der Waals surface area contributed by atoms with Gasteiger partial charge in [-0.2, -0.15) is 0 Å². The number of hydrogen-bond acceptors (Lipinski definition) is 2. The average Bonchev–Trinajstić information content (AvgIpc) is 2.76. The van der Waals surface area contributed by atoms with Crippen LogP contribution in [0.3, 0.4) is 0 Å². The summed E-state index contributed by atoms with van der Waals surface area (Å²) < 4.78 is 0. The van der Waals surface area contributed by atoms with Crippen molar-refractivity contribution in [3.05, 3.63) is 0 Å². The first-order valence-corrected chi connectivity index (χ1v) is 7.42. The van der Waals surface area contributed by atoms with Gasteiger partial charge in [-0.25, -0.2) is 0 Å². The van der Waals surface area contributed by atoms with E-state index in [0.29, 0.717) is 5.92 Å². The molecule has 1 fully saturated rings. The van der Waals surface area contributed by atoms with E-state index in [1.807, 2.05) is 0 Å². The molecular formula is C15H31NO. The lowest BCUT2D eigenvalue weighted by atomic mass is 10.0. The fraction of sp³-hybridized carbons (Fsp3) is 1.00. The van der Waals surface area contributed by atoms with Crippen molar-refractivity contribution in [2.24, 2.45) is 11.8 Å². The third kappa shape index (κ3) is 5.39. The molecule has 17 heavy (non-hydrogen) atoms. The second kappa shape index (κ2) is 7.38. The number of nitrogens with zero attached hydrogens (tertiary/aromatic N) is 1. The summed E-state index contributed by atoms with van der Waals surface area (Å²) in [5.41, 5.74) is 0. The van der Waals surface area contributed by atoms with E-state index in [2.05, 4.69) is 32.6 Å². The van der Waals surface area contributed by atoms with Gasteiger partial charge in [0.2, 0.25) is 0 Å². The van der Waals surface area contributed by atoms with Gasteiger partial charge in [0.05, 0.1) is 6.10 Å². The van der Waals surface area contributed by atoms with E-state index >= 15 is 0 Å². The van der Waals surface area contributed by atoms with Crippen LogP contribution < -0.4 is 0 Å². The molecule has 1 saturated carbocycles. The van der Waals surface area contributed by atoms with Crippen molar-refractivity contribution >= 4 is 0 Å². The normalized spacial score (nSPS) is 19.8. The quantitative estimate of drug-likeness (QED) is 0.739. The second-order valence-electron chi connectivity index (χ2n) is 6.43. The molecular weight excluding hydrogens is 210 g/mol. The van der Waals surface area contributed by atoms with Gasteiger partial charge in [-0.05, 0) is 37.6 Å². The fourth-order valence-electron chi connectivity index (χ4n) is 2.57. The van der Waals surface area contributed by atoms with Crippen molar-refractivity contribution < 1.29 is 5.11 Å². The lowest BCUT2D eigenvalue weighted by Crippen LogP contribution is -2.41. The van der Waals surface area contributed by atoms with Gasteiger partial charge in [0.15, 0.2) is 0 Å². The van der Waals surface area contributed by atoms with Crippen LogP contribution in [-0.2, 0) is 0 Å². The monoisotopic (exact) mass is 241 g/mol. The Labute approximate surface area is 107 Å². The third-order valence-corrected chi connectivity index (χ3v) is 4.03. The van der Waals surface area contributed by atoms with Crippen molar-refractivity contribution in [3.8, 4) is 0 Å². The van der Waals surface area contributed by atoms with E-state index in [4.69, 9.17) is 0 Å². The van der Waals surface area contributed by atoms with Crippen LogP contribution >= 0.6 is 0 Å². The number of aliphatic hydroxyl groups is 1. The molecule has 1 unspecified atom stereocenters. The van der Waals surface area contributed by atoms with E-state index in [-0.39, 0.29) is 6.10 Å². The van der Waals surface area contributed by atoms with Gasteiger partial charge in [0.1, 0.15) is 0 Å². The minimum absolute atomic E-state index is 0.164. The first-order valence-electron chi connectivity index (χ1n) is 7.42. The average molecular weight is 241 g/mol. The standard InChI is InChI=1S/C15H31NO/c1-12(2)9-10-16(11-15(17)13(3)4)14-7-5-6-8-14/h12-15,17H,5-11H2,1-4H3. The Balaban J connectivity index is 2.45. The Bertz CT molecular complexity index is 197. The van der Waals surface area contributed by atoms with Gasteiger partial charge in [-0.3, -0.25) is 4.90 Å². The Morgan fingerprint density at radius 3 is 2.18 bits per heavy atom. The van der Waals surface area contributed by atoms with Crippen LogP contribution in [0.15, 0.2) is 0 Å². The van der Waals surface area contributed by atoms with Crippen molar-refractivity contribution in [2.45, 2.75) is 71.9 Å². The van der Waals surface area contributed by atoms with E-state index in [0.717, 1.165) is 25.0 Å². The van der Waals surface area contributed by atoms with Gasteiger partial charge in [-0.1, -0.05) is 40.5 Å². The minimum Gasteiger partial charge on any atom is -0.392 e. The summed E-state index contributed by atoms with van der Waals surface area (Å²) in [6.07, 6.45) is 6.51. The second-order valence-corrected chi connectivity index (χ2v) is 6.43. The molecule has 1 atom stereocenters. The fourth-order valence-corrected chi connectivity index (χ4v) is 2.57. The molecule has 1 rings (SSSR count). The third-order valence-electron chi connectivity index (χ3n) is 4.03. The molecule has 0 spiro atoms. The molecule has 1 aliphatic rings. The number of rotatable bonds is 7. The highest BCUT2D eigenvalue weighted by Crippen LogP contribution is 2.24. The first-order chi connectivity index (χ1) is 8.00. The molecule has 1 N–H and O–H groups in total. The van der Waals surface area contributed by atoms with E-state index in [9.17, 15) is 5.11 Å². The predicted octanol–water partition coefficient (Wildman–Crippen LogP) is 3.29. The Morgan fingerprint density at radius 1 is 1.12 bits per heavy atom. The van der Waals surface area contributed by atoms with Gasteiger partial charge in [0.25, 0.3) is 0 Å². The smallest absolute Gasteiger partial charge is 0.0690 e. The molecule has 0 radical (unpaired) electrons. The van der Waals surface area contributed by atoms with Crippen molar-refractivity contribution in [1.29, 1.82) is 0 Å². The summed E-state index contributed by atoms with van der Waals surface area (Å²) in [4.78, 5) is 2.55. The van der Waals surface area contributed by atoms with Crippen LogP contribution in [0.1, 0.15) is 59.8 Å². The summed E-state index contributed by atoms with van der Waals surface area (Å²) in [5.74, 6) is 1.13. The largest absolute Gasteiger partial charge is 0.392 e. The SMILES string of the molecule is CC(C)CCN(CC(O)C(C)C)C1CCCC1. The van der Waals surface area contributed by atoms with E-state index < -0.39 is 0 Å². The molecule has 0 aromatic carbocycles. The molecule has 0 amide bonds. The molecule has 2 heteroatoms.